The molecule has 0 radical (unpaired) electrons. The van der Waals surface area contributed by atoms with E-state index in [-0.39, 0.29) is 30.4 Å². The number of nitrogens with one attached hydrogen (secondary N) is 1. The molecule has 1 fully saturated rings. The number of carbonyl (C=O) groups is 1. The molecule has 0 aliphatic carbocycles. The Morgan fingerprint density at radius 2 is 1.95 bits per heavy atom. The van der Waals surface area contributed by atoms with Gasteiger partial charge in [0.15, 0.2) is 0 Å². The van der Waals surface area contributed by atoms with Crippen molar-refractivity contribution >= 4 is 18.3 Å². The number of ether oxygens (including phenoxy) is 1. The van der Waals surface area contributed by atoms with Gasteiger partial charge in [0.05, 0.1) is 19.3 Å². The summed E-state index contributed by atoms with van der Waals surface area (Å²) in [6, 6.07) is 0.0412. The first-order valence-corrected chi connectivity index (χ1v) is 6.94. The molecule has 3 N–H and O–H groups in total. The highest BCUT2D eigenvalue weighted by atomic mass is 35.5. The van der Waals surface area contributed by atoms with Crippen molar-refractivity contribution in [3.63, 3.8) is 0 Å². The van der Waals surface area contributed by atoms with E-state index in [1.807, 2.05) is 13.8 Å². The van der Waals surface area contributed by atoms with Crippen LogP contribution < -0.4 is 11.1 Å². The van der Waals surface area contributed by atoms with Gasteiger partial charge < -0.3 is 15.8 Å². The van der Waals surface area contributed by atoms with E-state index in [2.05, 4.69) is 17.1 Å². The van der Waals surface area contributed by atoms with Gasteiger partial charge in [0, 0.05) is 25.2 Å². The molecule has 5 nitrogen and oxygen atoms in total. The monoisotopic (exact) mass is 293 g/mol. The average Bonchev–Trinajstić information content (AvgIpc) is 2.39. The number of hydrogen-bond donors (Lipinski definition) is 2. The summed E-state index contributed by atoms with van der Waals surface area (Å²) in [6.45, 7) is 9.64. The molecule has 0 aromatic heterocycles. The minimum Gasteiger partial charge on any atom is -0.379 e. The fourth-order valence-corrected chi connectivity index (χ4v) is 2.20. The van der Waals surface area contributed by atoms with Crippen LogP contribution in [0.15, 0.2) is 0 Å². The quantitative estimate of drug-likeness (QED) is 0.759. The van der Waals surface area contributed by atoms with E-state index in [9.17, 15) is 4.79 Å². The molecule has 0 spiro atoms. The van der Waals surface area contributed by atoms with Crippen molar-refractivity contribution in [3.8, 4) is 0 Å². The first-order valence-electron chi connectivity index (χ1n) is 6.94. The van der Waals surface area contributed by atoms with Gasteiger partial charge in [-0.25, -0.2) is 0 Å². The molecule has 0 aromatic rings. The predicted octanol–water partition coefficient (Wildman–Crippen LogP) is 0.761. The highest BCUT2D eigenvalue weighted by Gasteiger charge is 2.24. The molecule has 0 aromatic carbocycles. The molecule has 1 aliphatic rings. The van der Waals surface area contributed by atoms with Crippen LogP contribution in [0.2, 0.25) is 0 Å². The summed E-state index contributed by atoms with van der Waals surface area (Å²) in [6.07, 6.45) is 1.67. The Kier molecular flexibility index (Phi) is 9.35. The Bertz CT molecular complexity index is 260. The second-order valence-electron chi connectivity index (χ2n) is 5.08. The molecular formula is C13H28ClN3O2. The van der Waals surface area contributed by atoms with Crippen LogP contribution >= 0.6 is 12.4 Å². The fourth-order valence-electron chi connectivity index (χ4n) is 2.20. The molecular weight excluding hydrogens is 266 g/mol. The van der Waals surface area contributed by atoms with Gasteiger partial charge in [0.25, 0.3) is 0 Å². The molecule has 114 valence electrons. The van der Waals surface area contributed by atoms with Gasteiger partial charge in [-0.1, -0.05) is 13.3 Å². The van der Waals surface area contributed by atoms with Crippen LogP contribution in [0.5, 0.6) is 0 Å². The Morgan fingerprint density at radius 3 is 2.47 bits per heavy atom. The van der Waals surface area contributed by atoms with Crippen LogP contribution in [0.1, 0.15) is 33.6 Å². The Balaban J connectivity index is 0.00000324. The maximum absolute atomic E-state index is 11.9. The van der Waals surface area contributed by atoms with Gasteiger partial charge in [0.2, 0.25) is 5.91 Å². The minimum absolute atomic E-state index is 0. The molecule has 0 saturated carbocycles. The van der Waals surface area contributed by atoms with Crippen molar-refractivity contribution in [1.29, 1.82) is 0 Å². The third kappa shape index (κ3) is 6.08. The van der Waals surface area contributed by atoms with E-state index in [0.29, 0.717) is 6.04 Å². The number of morpholine rings is 1. The molecule has 3 atom stereocenters. The summed E-state index contributed by atoms with van der Waals surface area (Å²) in [5, 5.41) is 3.02. The van der Waals surface area contributed by atoms with Crippen LogP contribution in [-0.2, 0) is 9.53 Å². The number of nitrogens with zero attached hydrogens (tertiary/aromatic N) is 1. The topological polar surface area (TPSA) is 67.6 Å². The average molecular weight is 294 g/mol. The number of carbonyl (C=O) groups excluding carboxylic acids is 1. The summed E-state index contributed by atoms with van der Waals surface area (Å²) in [7, 11) is 0. The normalized spacial score (nSPS) is 21.1. The molecule has 1 aliphatic heterocycles. The molecule has 3 unspecified atom stereocenters. The lowest BCUT2D eigenvalue weighted by Gasteiger charge is -2.36. The van der Waals surface area contributed by atoms with E-state index in [1.165, 1.54) is 0 Å². The third-order valence-electron chi connectivity index (χ3n) is 3.65. The maximum atomic E-state index is 11.9. The molecule has 1 rings (SSSR count). The second kappa shape index (κ2) is 9.53. The van der Waals surface area contributed by atoms with E-state index < -0.39 is 0 Å². The smallest absolute Gasteiger partial charge is 0.237 e. The summed E-state index contributed by atoms with van der Waals surface area (Å²) in [5.41, 5.74) is 5.81. The van der Waals surface area contributed by atoms with E-state index in [0.717, 1.165) is 39.1 Å². The number of hydrogen-bond acceptors (Lipinski definition) is 4. The first kappa shape index (κ1) is 18.6. The number of nitrogens with two attached hydrogens (primary N) is 1. The summed E-state index contributed by atoms with van der Waals surface area (Å²) in [4.78, 5) is 14.2. The summed E-state index contributed by atoms with van der Waals surface area (Å²) < 4.78 is 5.33. The van der Waals surface area contributed by atoms with Crippen LogP contribution in [-0.4, -0.2) is 55.2 Å². The highest BCUT2D eigenvalue weighted by Crippen LogP contribution is 2.07. The van der Waals surface area contributed by atoms with Crippen molar-refractivity contribution in [3.05, 3.63) is 0 Å². The molecule has 6 heteroatoms. The minimum atomic E-state index is -0.380. The van der Waals surface area contributed by atoms with Gasteiger partial charge in [-0.15, -0.1) is 12.4 Å². The zero-order valence-corrected chi connectivity index (χ0v) is 13.0. The van der Waals surface area contributed by atoms with Crippen molar-refractivity contribution in [1.82, 2.24) is 10.2 Å². The van der Waals surface area contributed by atoms with E-state index in [4.69, 9.17) is 10.5 Å². The standard InChI is InChI=1S/C13H27N3O2.ClH/c1-4-5-12(14)13(17)15-10(2)11(3)16-6-8-18-9-7-16;/h10-12H,4-9,14H2,1-3H3,(H,15,17);1H. The Morgan fingerprint density at radius 1 is 1.37 bits per heavy atom. The van der Waals surface area contributed by atoms with Crippen LogP contribution in [0.25, 0.3) is 0 Å². The first-order chi connectivity index (χ1) is 8.56. The van der Waals surface area contributed by atoms with Gasteiger partial charge in [-0.05, 0) is 20.3 Å². The highest BCUT2D eigenvalue weighted by molar-refractivity contribution is 5.85. The van der Waals surface area contributed by atoms with Crippen molar-refractivity contribution in [2.24, 2.45) is 5.73 Å². The van der Waals surface area contributed by atoms with Crippen LogP contribution in [0, 0.1) is 0 Å². The summed E-state index contributed by atoms with van der Waals surface area (Å²) >= 11 is 0. The largest absolute Gasteiger partial charge is 0.379 e. The van der Waals surface area contributed by atoms with Crippen molar-refractivity contribution in [2.45, 2.75) is 51.7 Å². The second-order valence-corrected chi connectivity index (χ2v) is 5.08. The molecule has 1 amide bonds. The van der Waals surface area contributed by atoms with Gasteiger partial charge in [0.1, 0.15) is 0 Å². The van der Waals surface area contributed by atoms with E-state index >= 15 is 0 Å². The predicted molar refractivity (Wildman–Crippen MR) is 79.6 cm³/mol. The molecule has 1 saturated heterocycles. The lowest BCUT2D eigenvalue weighted by atomic mass is 10.1. The third-order valence-corrected chi connectivity index (χ3v) is 3.65. The Labute approximate surface area is 122 Å². The SMILES string of the molecule is CCCC(N)C(=O)NC(C)C(C)N1CCOCC1.Cl. The van der Waals surface area contributed by atoms with E-state index in [1.54, 1.807) is 0 Å². The maximum Gasteiger partial charge on any atom is 0.237 e. The number of halogens is 1. The van der Waals surface area contributed by atoms with Crippen molar-refractivity contribution in [2.75, 3.05) is 26.3 Å². The zero-order valence-electron chi connectivity index (χ0n) is 12.2. The molecule has 1 heterocycles. The number of rotatable bonds is 6. The van der Waals surface area contributed by atoms with Gasteiger partial charge >= 0.3 is 0 Å². The molecule has 0 bridgehead atoms. The van der Waals surface area contributed by atoms with Crippen LogP contribution in [0.3, 0.4) is 0 Å². The molecule has 19 heavy (non-hydrogen) atoms. The lowest BCUT2D eigenvalue weighted by molar-refractivity contribution is -0.123. The lowest BCUT2D eigenvalue weighted by Crippen LogP contribution is -2.54. The number of amides is 1. The van der Waals surface area contributed by atoms with Crippen LogP contribution in [0.4, 0.5) is 0 Å². The van der Waals surface area contributed by atoms with Crippen molar-refractivity contribution < 1.29 is 9.53 Å². The Hall–Kier alpha value is -0.360. The van der Waals surface area contributed by atoms with Gasteiger partial charge in [-0.2, -0.15) is 0 Å². The fraction of sp³-hybridized carbons (Fsp3) is 0.923. The summed E-state index contributed by atoms with van der Waals surface area (Å²) in [5.74, 6) is -0.0375. The zero-order chi connectivity index (χ0) is 13.5. The van der Waals surface area contributed by atoms with Gasteiger partial charge in [-0.3, -0.25) is 9.69 Å².